The summed E-state index contributed by atoms with van der Waals surface area (Å²) in [6.45, 7) is 0.210. The lowest BCUT2D eigenvalue weighted by Crippen LogP contribution is -2.42. The average molecular weight is 560 g/mol. The van der Waals surface area contributed by atoms with E-state index in [4.69, 9.17) is 16.3 Å². The van der Waals surface area contributed by atoms with E-state index in [-0.39, 0.29) is 18.8 Å². The highest BCUT2D eigenvalue weighted by atomic mass is 35.5. The molecule has 0 radical (unpaired) electrons. The number of halogens is 2. The van der Waals surface area contributed by atoms with Crippen LogP contribution in [0.5, 0.6) is 5.75 Å². The molecule has 0 aliphatic carbocycles. The summed E-state index contributed by atoms with van der Waals surface area (Å²) in [5.74, 6) is -1.32. The number of benzene rings is 4. The first-order valence-corrected chi connectivity index (χ1v) is 13.3. The Hall–Kier alpha value is -4.20. The number of carboxylic acid groups (broad SMARTS) is 1. The molecule has 39 heavy (non-hydrogen) atoms. The van der Waals surface area contributed by atoms with Crippen LogP contribution in [0, 0.1) is 5.82 Å². The monoisotopic (exact) mass is 559 g/mol. The van der Waals surface area contributed by atoms with Crippen LogP contribution in [-0.4, -0.2) is 23.0 Å². The summed E-state index contributed by atoms with van der Waals surface area (Å²) < 4.78 is 20.0. The SMILES string of the molecule is O=C(NC(Cc1ccc(OCc2cccc(F)c2)cc1)C(=O)O)c1cc2cc(-c3ccc(Cl)cc3)ccc2s1. The first-order chi connectivity index (χ1) is 18.8. The lowest BCUT2D eigenvalue weighted by molar-refractivity contribution is -0.139. The van der Waals surface area contributed by atoms with Crippen molar-refractivity contribution >= 4 is 44.9 Å². The number of hydrogen-bond donors (Lipinski definition) is 2. The van der Waals surface area contributed by atoms with Crippen LogP contribution in [-0.2, 0) is 17.8 Å². The first-order valence-electron chi connectivity index (χ1n) is 12.1. The third-order valence-corrected chi connectivity index (χ3v) is 7.55. The number of ether oxygens (including phenoxy) is 1. The second-order valence-corrected chi connectivity index (χ2v) is 10.5. The van der Waals surface area contributed by atoms with Gasteiger partial charge in [-0.2, -0.15) is 0 Å². The van der Waals surface area contributed by atoms with Gasteiger partial charge in [0.2, 0.25) is 0 Å². The molecule has 1 amide bonds. The van der Waals surface area contributed by atoms with Crippen molar-refractivity contribution in [3.8, 4) is 16.9 Å². The Morgan fingerprint density at radius 2 is 1.64 bits per heavy atom. The summed E-state index contributed by atoms with van der Waals surface area (Å²) in [6, 6.07) is 27.2. The number of carboxylic acids is 1. The van der Waals surface area contributed by atoms with E-state index in [1.165, 1.54) is 23.5 Å². The Bertz CT molecular complexity index is 1630. The van der Waals surface area contributed by atoms with Crippen molar-refractivity contribution in [2.75, 3.05) is 0 Å². The molecule has 4 aromatic carbocycles. The van der Waals surface area contributed by atoms with Crippen LogP contribution in [0.3, 0.4) is 0 Å². The predicted molar refractivity (Wildman–Crippen MR) is 152 cm³/mol. The topological polar surface area (TPSA) is 75.6 Å². The van der Waals surface area contributed by atoms with Crippen molar-refractivity contribution in [1.82, 2.24) is 5.32 Å². The largest absolute Gasteiger partial charge is 0.489 e. The number of fused-ring (bicyclic) bond motifs is 1. The molecule has 0 spiro atoms. The van der Waals surface area contributed by atoms with Gasteiger partial charge in [-0.05, 0) is 82.2 Å². The fourth-order valence-electron chi connectivity index (χ4n) is 4.16. The minimum Gasteiger partial charge on any atom is -0.489 e. The van der Waals surface area contributed by atoms with E-state index in [0.29, 0.717) is 21.2 Å². The van der Waals surface area contributed by atoms with E-state index in [0.717, 1.165) is 26.8 Å². The lowest BCUT2D eigenvalue weighted by atomic mass is 10.0. The molecule has 1 unspecified atom stereocenters. The normalized spacial score (nSPS) is 11.7. The number of carbonyl (C=O) groups excluding carboxylic acids is 1. The van der Waals surface area contributed by atoms with Crippen LogP contribution in [0.4, 0.5) is 4.39 Å². The van der Waals surface area contributed by atoms with Crippen molar-refractivity contribution in [3.63, 3.8) is 0 Å². The molecule has 2 N–H and O–H groups in total. The van der Waals surface area contributed by atoms with Crippen molar-refractivity contribution < 1.29 is 23.8 Å². The molecule has 0 saturated heterocycles. The number of aliphatic carboxylic acids is 1. The Morgan fingerprint density at radius 3 is 2.36 bits per heavy atom. The molecule has 196 valence electrons. The molecule has 5 rings (SSSR count). The zero-order chi connectivity index (χ0) is 27.4. The van der Waals surface area contributed by atoms with Crippen LogP contribution in [0.2, 0.25) is 5.02 Å². The van der Waals surface area contributed by atoms with Gasteiger partial charge in [-0.25, -0.2) is 9.18 Å². The Kier molecular flexibility index (Phi) is 7.91. The first kappa shape index (κ1) is 26.4. The summed E-state index contributed by atoms with van der Waals surface area (Å²) in [5, 5.41) is 14.0. The van der Waals surface area contributed by atoms with Gasteiger partial charge in [0.05, 0.1) is 4.88 Å². The van der Waals surface area contributed by atoms with Crippen LogP contribution in [0.1, 0.15) is 20.8 Å². The number of thiophene rings is 1. The Morgan fingerprint density at radius 1 is 0.897 bits per heavy atom. The van der Waals surface area contributed by atoms with E-state index in [9.17, 15) is 19.1 Å². The maximum Gasteiger partial charge on any atom is 0.326 e. The van der Waals surface area contributed by atoms with Crippen molar-refractivity contribution in [1.29, 1.82) is 0 Å². The predicted octanol–water partition coefficient (Wildman–Crippen LogP) is 7.37. The number of carbonyl (C=O) groups is 2. The third-order valence-electron chi connectivity index (χ3n) is 6.18. The van der Waals surface area contributed by atoms with E-state index >= 15 is 0 Å². The van der Waals surface area contributed by atoms with E-state index in [2.05, 4.69) is 5.32 Å². The van der Waals surface area contributed by atoms with E-state index in [1.54, 1.807) is 42.5 Å². The summed E-state index contributed by atoms with van der Waals surface area (Å²) in [7, 11) is 0. The summed E-state index contributed by atoms with van der Waals surface area (Å²) in [4.78, 5) is 25.4. The standard InChI is InChI=1S/C31H23ClFNO4S/c32-24-9-6-21(7-10-24)22-8-13-28-23(16-22)17-29(39-28)30(35)34-27(31(36)37)15-19-4-11-26(12-5-19)38-18-20-2-1-3-25(33)14-20/h1-14,16-17,27H,15,18H2,(H,34,35)(H,36,37). The maximum atomic E-state index is 13.3. The molecule has 0 aliphatic rings. The smallest absolute Gasteiger partial charge is 0.326 e. The molecular formula is C31H23ClFNO4S. The zero-order valence-electron chi connectivity index (χ0n) is 20.6. The van der Waals surface area contributed by atoms with Gasteiger partial charge in [-0.15, -0.1) is 11.3 Å². The Labute approximate surface area is 233 Å². The number of hydrogen-bond acceptors (Lipinski definition) is 4. The van der Waals surface area contributed by atoms with Gasteiger partial charge in [0.1, 0.15) is 24.2 Å². The highest BCUT2D eigenvalue weighted by Crippen LogP contribution is 2.31. The molecule has 0 saturated carbocycles. The number of amides is 1. The minimum absolute atomic E-state index is 0.108. The van der Waals surface area contributed by atoms with E-state index < -0.39 is 17.9 Å². The van der Waals surface area contributed by atoms with Gasteiger partial charge in [-0.1, -0.05) is 54.1 Å². The number of nitrogens with one attached hydrogen (secondary N) is 1. The van der Waals surface area contributed by atoms with Crippen LogP contribution in [0.15, 0.2) is 97.1 Å². The van der Waals surface area contributed by atoms with Gasteiger partial charge in [0, 0.05) is 16.1 Å². The zero-order valence-corrected chi connectivity index (χ0v) is 22.1. The summed E-state index contributed by atoms with van der Waals surface area (Å²) >= 11 is 7.30. The number of rotatable bonds is 9. The molecule has 5 aromatic rings. The fourth-order valence-corrected chi connectivity index (χ4v) is 5.23. The van der Waals surface area contributed by atoms with Crippen molar-refractivity contribution in [2.24, 2.45) is 0 Å². The molecule has 0 fully saturated rings. The highest BCUT2D eigenvalue weighted by Gasteiger charge is 2.22. The molecule has 5 nitrogen and oxygen atoms in total. The van der Waals surface area contributed by atoms with Crippen LogP contribution < -0.4 is 10.1 Å². The molecule has 1 atom stereocenters. The molecule has 8 heteroatoms. The van der Waals surface area contributed by atoms with Gasteiger partial charge >= 0.3 is 5.97 Å². The second kappa shape index (κ2) is 11.7. The molecular weight excluding hydrogens is 537 g/mol. The quantitative estimate of drug-likeness (QED) is 0.198. The van der Waals surface area contributed by atoms with Crippen molar-refractivity contribution in [2.45, 2.75) is 19.1 Å². The van der Waals surface area contributed by atoms with Gasteiger partial charge in [-0.3, -0.25) is 4.79 Å². The Balaban J connectivity index is 1.23. The summed E-state index contributed by atoms with van der Waals surface area (Å²) in [5.41, 5.74) is 3.44. The highest BCUT2D eigenvalue weighted by molar-refractivity contribution is 7.20. The lowest BCUT2D eigenvalue weighted by Gasteiger charge is -2.14. The third kappa shape index (κ3) is 6.63. The maximum absolute atomic E-state index is 13.3. The minimum atomic E-state index is -1.12. The van der Waals surface area contributed by atoms with Crippen LogP contribution in [0.25, 0.3) is 21.2 Å². The van der Waals surface area contributed by atoms with Gasteiger partial charge in [0.25, 0.3) is 5.91 Å². The van der Waals surface area contributed by atoms with Gasteiger partial charge in [0.15, 0.2) is 0 Å². The molecule has 1 aromatic heterocycles. The van der Waals surface area contributed by atoms with E-state index in [1.807, 2.05) is 42.5 Å². The molecule has 1 heterocycles. The summed E-state index contributed by atoms with van der Waals surface area (Å²) in [6.07, 6.45) is 0.108. The van der Waals surface area contributed by atoms with Crippen LogP contribution >= 0.6 is 22.9 Å². The molecule has 0 aliphatic heterocycles. The average Bonchev–Trinajstić information content (AvgIpc) is 3.36. The fraction of sp³-hybridized carbons (Fsp3) is 0.0968. The van der Waals surface area contributed by atoms with Crippen molar-refractivity contribution in [3.05, 3.63) is 124 Å². The van der Waals surface area contributed by atoms with Gasteiger partial charge < -0.3 is 15.2 Å². The molecule has 0 bridgehead atoms. The second-order valence-electron chi connectivity index (χ2n) is 9.00.